The number of benzene rings is 3. The van der Waals surface area contributed by atoms with Crippen molar-refractivity contribution in [2.24, 2.45) is 0 Å². The van der Waals surface area contributed by atoms with Crippen LogP contribution < -0.4 is 15.4 Å². The molecule has 0 bridgehead atoms. The van der Waals surface area contributed by atoms with Crippen LogP contribution in [0.3, 0.4) is 0 Å². The van der Waals surface area contributed by atoms with Crippen molar-refractivity contribution >= 4 is 70.0 Å². The lowest BCUT2D eigenvalue weighted by atomic mass is 10.1. The van der Waals surface area contributed by atoms with Crippen LogP contribution in [0.5, 0.6) is 5.75 Å². The van der Waals surface area contributed by atoms with Gasteiger partial charge in [-0.1, -0.05) is 42.1 Å². The minimum atomic E-state index is 0. The van der Waals surface area contributed by atoms with E-state index < -0.39 is 0 Å². The van der Waals surface area contributed by atoms with Crippen LogP contribution in [0.2, 0.25) is 0 Å². The van der Waals surface area contributed by atoms with Gasteiger partial charge < -0.3 is 15.4 Å². The fourth-order valence-corrected chi connectivity index (χ4v) is 5.31. The number of aryl methyl sites for hydroxylation is 1. The topological polar surface area (TPSA) is 57.1 Å². The Hall–Kier alpha value is -2.49. The number of hydrogen-bond acceptors (Lipinski definition) is 5. The molecule has 0 radical (unpaired) electrons. The summed E-state index contributed by atoms with van der Waals surface area (Å²) in [5.74, 6) is 1.35. The van der Waals surface area contributed by atoms with Gasteiger partial charge in [-0.05, 0) is 72.7 Å². The fourth-order valence-electron chi connectivity index (χ4n) is 3.71. The zero-order chi connectivity index (χ0) is 22.5. The maximum absolute atomic E-state index is 8.13. The Morgan fingerprint density at radius 2 is 1.71 bits per heavy atom. The van der Waals surface area contributed by atoms with Gasteiger partial charge >= 0.3 is 0 Å². The highest BCUT2D eigenvalue weighted by Crippen LogP contribution is 2.45. The second-order valence-electron chi connectivity index (χ2n) is 7.86. The smallest absolute Gasteiger partial charge is 0.140 e. The summed E-state index contributed by atoms with van der Waals surface area (Å²) in [6.07, 6.45) is 3.10. The number of amidine groups is 1. The highest BCUT2D eigenvalue weighted by molar-refractivity contribution is 14.0. The predicted molar refractivity (Wildman–Crippen MR) is 155 cm³/mol. The average molecular weight is 600 g/mol. The van der Waals surface area contributed by atoms with Crippen molar-refractivity contribution in [2.45, 2.75) is 29.1 Å². The van der Waals surface area contributed by atoms with Crippen molar-refractivity contribution in [1.29, 1.82) is 5.41 Å². The Balaban J connectivity index is 0.00000274. The van der Waals surface area contributed by atoms with E-state index in [9.17, 15) is 0 Å². The molecule has 1 aliphatic rings. The normalized spacial score (nSPS) is 11.4. The van der Waals surface area contributed by atoms with Gasteiger partial charge in [0.25, 0.3) is 0 Å². The lowest BCUT2D eigenvalue weighted by Gasteiger charge is -2.21. The number of nitrogens with one attached hydrogen (secondary N) is 3. The fraction of sp³-hybridized carbons (Fsp3) is 0.148. The Labute approximate surface area is 225 Å². The lowest BCUT2D eigenvalue weighted by molar-refractivity contribution is 0.307. The Bertz CT molecular complexity index is 1240. The molecule has 7 heteroatoms. The van der Waals surface area contributed by atoms with Crippen LogP contribution in [0.15, 0.2) is 94.0 Å². The first kappa shape index (κ1) is 24.6. The van der Waals surface area contributed by atoms with Gasteiger partial charge in [0.05, 0.1) is 22.9 Å². The van der Waals surface area contributed by atoms with Gasteiger partial charge in [-0.3, -0.25) is 5.41 Å². The van der Waals surface area contributed by atoms with E-state index in [1.165, 1.54) is 15.4 Å². The zero-order valence-electron chi connectivity index (χ0n) is 18.5. The van der Waals surface area contributed by atoms with Crippen LogP contribution in [0, 0.1) is 5.41 Å². The molecule has 0 unspecified atom stereocenters. The van der Waals surface area contributed by atoms with Crippen LogP contribution >= 0.6 is 47.1 Å². The summed E-state index contributed by atoms with van der Waals surface area (Å²) < 4.78 is 6.01. The van der Waals surface area contributed by atoms with E-state index in [0.29, 0.717) is 12.4 Å². The standard InChI is InChI=1S/C27H25N3OS2.HI/c28-27(26-9-5-17-32-26)29-20-12-10-19(11-13-20)6-3-4-16-31-21-14-15-25-23(18-21)30-22-7-1-2-8-24(22)33-25;/h1-2,5,7-15,17-18,30H,3-4,6,16H2,(H2,28,29);1H. The highest BCUT2D eigenvalue weighted by Gasteiger charge is 2.15. The zero-order valence-corrected chi connectivity index (χ0v) is 22.5. The number of thiophene rings is 1. The van der Waals surface area contributed by atoms with E-state index in [1.807, 2.05) is 29.6 Å². The third-order valence-corrected chi connectivity index (χ3v) is 7.49. The number of para-hydroxylation sites is 1. The molecule has 0 atom stereocenters. The molecule has 0 saturated carbocycles. The van der Waals surface area contributed by atoms with Gasteiger partial charge in [0.2, 0.25) is 0 Å². The largest absolute Gasteiger partial charge is 0.494 e. The first-order valence-corrected chi connectivity index (χ1v) is 12.7. The van der Waals surface area contributed by atoms with Gasteiger partial charge in [0.15, 0.2) is 0 Å². The van der Waals surface area contributed by atoms with E-state index in [0.717, 1.165) is 47.0 Å². The molecular formula is C27H26IN3OS2. The number of anilines is 3. The number of rotatable bonds is 8. The summed E-state index contributed by atoms with van der Waals surface area (Å²) in [5.41, 5.74) is 4.51. The molecule has 34 heavy (non-hydrogen) atoms. The molecule has 4 aromatic rings. The van der Waals surface area contributed by atoms with E-state index in [2.05, 4.69) is 65.2 Å². The number of halogens is 1. The summed E-state index contributed by atoms with van der Waals surface area (Å²) in [7, 11) is 0. The summed E-state index contributed by atoms with van der Waals surface area (Å²) in [4.78, 5) is 3.42. The summed E-state index contributed by atoms with van der Waals surface area (Å²) >= 11 is 3.36. The lowest BCUT2D eigenvalue weighted by Crippen LogP contribution is -2.10. The van der Waals surface area contributed by atoms with E-state index >= 15 is 0 Å². The third kappa shape index (κ3) is 6.14. The van der Waals surface area contributed by atoms with Crippen molar-refractivity contribution in [3.63, 3.8) is 0 Å². The number of fused-ring (bicyclic) bond motifs is 2. The van der Waals surface area contributed by atoms with E-state index in [4.69, 9.17) is 10.1 Å². The highest BCUT2D eigenvalue weighted by atomic mass is 127. The molecule has 2 heterocycles. The molecule has 3 aromatic carbocycles. The van der Waals surface area contributed by atoms with Crippen molar-refractivity contribution in [1.82, 2.24) is 0 Å². The molecule has 3 N–H and O–H groups in total. The van der Waals surface area contributed by atoms with Crippen molar-refractivity contribution in [3.05, 3.63) is 94.7 Å². The van der Waals surface area contributed by atoms with E-state index in [1.54, 1.807) is 23.1 Å². The van der Waals surface area contributed by atoms with Crippen molar-refractivity contribution < 1.29 is 4.74 Å². The van der Waals surface area contributed by atoms with Gasteiger partial charge in [-0.25, -0.2) is 0 Å². The molecule has 0 saturated heterocycles. The SMILES string of the molecule is I.N=C(Nc1ccc(CCCCOc2ccc3c(c2)Nc2ccccc2S3)cc1)c1cccs1. The van der Waals surface area contributed by atoms with Crippen LogP contribution in [0.1, 0.15) is 23.3 Å². The molecule has 1 aliphatic heterocycles. The van der Waals surface area contributed by atoms with Gasteiger partial charge in [-0.2, -0.15) is 0 Å². The summed E-state index contributed by atoms with van der Waals surface area (Å²) in [6, 6.07) is 26.9. The quantitative estimate of drug-likeness (QED) is 0.0726. The second kappa shape index (κ2) is 11.8. The molecule has 0 spiro atoms. The molecule has 4 nitrogen and oxygen atoms in total. The minimum absolute atomic E-state index is 0. The second-order valence-corrected chi connectivity index (χ2v) is 9.89. The molecule has 0 amide bonds. The number of hydrogen-bond donors (Lipinski definition) is 3. The van der Waals surface area contributed by atoms with Gasteiger partial charge in [-0.15, -0.1) is 35.3 Å². The van der Waals surface area contributed by atoms with E-state index in [-0.39, 0.29) is 24.0 Å². The molecule has 1 aromatic heterocycles. The van der Waals surface area contributed by atoms with Crippen molar-refractivity contribution in [2.75, 3.05) is 17.2 Å². The van der Waals surface area contributed by atoms with Crippen LogP contribution in [0.25, 0.3) is 0 Å². The molecule has 0 aliphatic carbocycles. The third-order valence-electron chi connectivity index (χ3n) is 5.45. The van der Waals surface area contributed by atoms with Crippen LogP contribution in [0.4, 0.5) is 17.1 Å². The molecular weight excluding hydrogens is 573 g/mol. The Morgan fingerprint density at radius 1 is 0.882 bits per heavy atom. The first-order chi connectivity index (χ1) is 16.2. The van der Waals surface area contributed by atoms with Crippen LogP contribution in [-0.2, 0) is 6.42 Å². The molecule has 174 valence electrons. The molecule has 5 rings (SSSR count). The minimum Gasteiger partial charge on any atom is -0.494 e. The summed E-state index contributed by atoms with van der Waals surface area (Å²) in [6.45, 7) is 0.708. The maximum Gasteiger partial charge on any atom is 0.140 e. The Kier molecular flexibility index (Phi) is 8.53. The number of unbranched alkanes of at least 4 members (excludes halogenated alkanes) is 1. The molecule has 0 fully saturated rings. The Morgan fingerprint density at radius 3 is 2.53 bits per heavy atom. The predicted octanol–water partition coefficient (Wildman–Crippen LogP) is 8.41. The van der Waals surface area contributed by atoms with Crippen LogP contribution in [-0.4, -0.2) is 12.4 Å². The monoisotopic (exact) mass is 599 g/mol. The summed E-state index contributed by atoms with van der Waals surface area (Å²) in [5, 5.41) is 16.8. The maximum atomic E-state index is 8.13. The van der Waals surface area contributed by atoms with Crippen molar-refractivity contribution in [3.8, 4) is 5.75 Å². The first-order valence-electron chi connectivity index (χ1n) is 11.0. The van der Waals surface area contributed by atoms with Gasteiger partial charge in [0, 0.05) is 21.5 Å². The number of ether oxygens (including phenoxy) is 1. The average Bonchev–Trinajstić information content (AvgIpc) is 3.39. The van der Waals surface area contributed by atoms with Gasteiger partial charge in [0.1, 0.15) is 11.6 Å².